The lowest BCUT2D eigenvalue weighted by molar-refractivity contribution is -0.123. The molecule has 0 aliphatic carbocycles. The van der Waals surface area contributed by atoms with Gasteiger partial charge in [-0.15, -0.1) is 0 Å². The Labute approximate surface area is 176 Å². The Morgan fingerprint density at radius 2 is 2.00 bits per heavy atom. The van der Waals surface area contributed by atoms with E-state index in [1.165, 1.54) is 6.07 Å². The van der Waals surface area contributed by atoms with Gasteiger partial charge in [0.25, 0.3) is 5.91 Å². The molecule has 0 saturated carbocycles. The third kappa shape index (κ3) is 4.87. The molecule has 5 amide bonds. The highest BCUT2D eigenvalue weighted by molar-refractivity contribution is 6.30. The van der Waals surface area contributed by atoms with Gasteiger partial charge in [-0.2, -0.15) is 0 Å². The van der Waals surface area contributed by atoms with Gasteiger partial charge in [-0.05, 0) is 41.8 Å². The number of urea groups is 2. The number of aliphatic hydroxyl groups excluding tert-OH is 1. The fourth-order valence-electron chi connectivity index (χ4n) is 3.06. The molecule has 0 radical (unpaired) electrons. The molecule has 2 aromatic rings. The van der Waals surface area contributed by atoms with Crippen LogP contribution < -0.4 is 21.3 Å². The maximum atomic E-state index is 13.4. The lowest BCUT2D eigenvalue weighted by atomic mass is 9.91. The molecule has 0 bridgehead atoms. The normalized spacial score (nSPS) is 19.1. The second-order valence-corrected chi connectivity index (χ2v) is 7.45. The fraction of sp³-hybridized carbons (Fsp3) is 0.250. The summed E-state index contributed by atoms with van der Waals surface area (Å²) in [4.78, 5) is 35.5. The highest BCUT2D eigenvalue weighted by Crippen LogP contribution is 2.25. The summed E-state index contributed by atoms with van der Waals surface area (Å²) in [6.45, 7) is 1.59. The highest BCUT2D eigenvalue weighted by atomic mass is 35.5. The van der Waals surface area contributed by atoms with E-state index in [4.69, 9.17) is 11.6 Å². The molecule has 0 spiro atoms. The van der Waals surface area contributed by atoms with E-state index in [2.05, 4.69) is 21.3 Å². The zero-order valence-electron chi connectivity index (χ0n) is 16.0. The van der Waals surface area contributed by atoms with Crippen molar-refractivity contribution < 1.29 is 23.9 Å². The number of carbonyl (C=O) groups excluding carboxylic acids is 3. The van der Waals surface area contributed by atoms with Crippen molar-refractivity contribution in [3.63, 3.8) is 0 Å². The molecule has 30 heavy (non-hydrogen) atoms. The Morgan fingerprint density at radius 3 is 2.67 bits per heavy atom. The molecule has 1 fully saturated rings. The first-order valence-corrected chi connectivity index (χ1v) is 9.44. The molecule has 8 nitrogen and oxygen atoms in total. The van der Waals surface area contributed by atoms with Gasteiger partial charge in [0.1, 0.15) is 11.4 Å². The van der Waals surface area contributed by atoms with Gasteiger partial charge < -0.3 is 21.1 Å². The van der Waals surface area contributed by atoms with Gasteiger partial charge in [-0.3, -0.25) is 10.1 Å². The summed E-state index contributed by atoms with van der Waals surface area (Å²) in [6.07, 6.45) is -1.13. The number of hydrogen-bond donors (Lipinski definition) is 5. The quantitative estimate of drug-likeness (QED) is 0.447. The Hall–Kier alpha value is -3.17. The fourth-order valence-corrected chi connectivity index (χ4v) is 3.29. The van der Waals surface area contributed by atoms with Gasteiger partial charge in [-0.1, -0.05) is 35.9 Å². The minimum atomic E-state index is -1.19. The largest absolute Gasteiger partial charge is 0.387 e. The first-order chi connectivity index (χ1) is 14.2. The van der Waals surface area contributed by atoms with Crippen molar-refractivity contribution >= 4 is 29.6 Å². The third-order valence-corrected chi connectivity index (χ3v) is 4.95. The zero-order chi connectivity index (χ0) is 21.9. The molecule has 10 heteroatoms. The van der Waals surface area contributed by atoms with Crippen LogP contribution in [0.15, 0.2) is 42.5 Å². The van der Waals surface area contributed by atoms with Gasteiger partial charge >= 0.3 is 12.1 Å². The predicted octanol–water partition coefficient (Wildman–Crippen LogP) is 2.07. The number of halogens is 2. The number of benzene rings is 2. The van der Waals surface area contributed by atoms with Crippen LogP contribution in [0.25, 0.3) is 0 Å². The van der Waals surface area contributed by atoms with E-state index in [9.17, 15) is 23.9 Å². The maximum Gasteiger partial charge on any atom is 0.322 e. The van der Waals surface area contributed by atoms with Gasteiger partial charge in [0, 0.05) is 18.1 Å². The first-order valence-electron chi connectivity index (χ1n) is 9.06. The first kappa shape index (κ1) is 21.5. The summed E-state index contributed by atoms with van der Waals surface area (Å²) in [7, 11) is 0. The van der Waals surface area contributed by atoms with Crippen molar-refractivity contribution in [3.05, 3.63) is 70.0 Å². The van der Waals surface area contributed by atoms with E-state index in [-0.39, 0.29) is 23.7 Å². The van der Waals surface area contributed by atoms with Crippen molar-refractivity contribution in [2.24, 2.45) is 0 Å². The summed E-state index contributed by atoms with van der Waals surface area (Å²) < 4.78 is 13.4. The monoisotopic (exact) mass is 434 g/mol. The van der Waals surface area contributed by atoms with Gasteiger partial charge in [0.15, 0.2) is 0 Å². The maximum absolute atomic E-state index is 13.4. The van der Waals surface area contributed by atoms with Crippen molar-refractivity contribution in [1.82, 2.24) is 21.3 Å². The summed E-state index contributed by atoms with van der Waals surface area (Å²) in [5, 5.41) is 20.1. The summed E-state index contributed by atoms with van der Waals surface area (Å²) >= 11 is 5.76. The molecular formula is C20H20ClFN4O4. The van der Waals surface area contributed by atoms with Crippen LogP contribution >= 0.6 is 11.6 Å². The average molecular weight is 435 g/mol. The van der Waals surface area contributed by atoms with Gasteiger partial charge in [-0.25, -0.2) is 14.0 Å². The number of hydrogen-bond acceptors (Lipinski definition) is 4. The smallest absolute Gasteiger partial charge is 0.322 e. The van der Waals surface area contributed by atoms with E-state index in [0.717, 1.165) is 12.1 Å². The van der Waals surface area contributed by atoms with Crippen LogP contribution in [0.3, 0.4) is 0 Å². The van der Waals surface area contributed by atoms with Crippen molar-refractivity contribution in [1.29, 1.82) is 0 Å². The standard InChI is InChI=1S/C20H20ClFN4O4/c1-20(17(28)25-19(30)26-20)13-4-2-3-11(5-13)9-23-18(29)24-10-16(27)12-6-14(21)8-15(22)7-12/h2-8,16,27H,9-10H2,1H3,(H2,23,24,29)(H2,25,26,28,30). The van der Waals surface area contributed by atoms with Crippen LogP contribution in [0.4, 0.5) is 14.0 Å². The second-order valence-electron chi connectivity index (χ2n) is 7.02. The molecule has 0 aromatic heterocycles. The van der Waals surface area contributed by atoms with Crippen LogP contribution in [0, 0.1) is 5.82 Å². The van der Waals surface area contributed by atoms with E-state index in [0.29, 0.717) is 11.1 Å². The van der Waals surface area contributed by atoms with Crippen molar-refractivity contribution in [3.8, 4) is 0 Å². The molecule has 1 heterocycles. The molecule has 1 aliphatic heterocycles. The summed E-state index contributed by atoms with van der Waals surface area (Å²) in [5.41, 5.74) is 0.337. The molecular weight excluding hydrogens is 415 g/mol. The van der Waals surface area contributed by atoms with Crippen LogP contribution in [0.1, 0.15) is 29.7 Å². The van der Waals surface area contributed by atoms with Crippen LogP contribution in [0.2, 0.25) is 5.02 Å². The number of aliphatic hydroxyl groups is 1. The topological polar surface area (TPSA) is 120 Å². The molecule has 2 aromatic carbocycles. The number of amides is 5. The van der Waals surface area contributed by atoms with Crippen LogP contribution in [-0.4, -0.2) is 29.6 Å². The highest BCUT2D eigenvalue weighted by Gasteiger charge is 2.43. The van der Waals surface area contributed by atoms with Crippen molar-refractivity contribution in [2.45, 2.75) is 25.1 Å². The summed E-state index contributed by atoms with van der Waals surface area (Å²) in [5.74, 6) is -1.04. The van der Waals surface area contributed by atoms with E-state index in [1.54, 1.807) is 31.2 Å². The van der Waals surface area contributed by atoms with Crippen LogP contribution in [0.5, 0.6) is 0 Å². The predicted molar refractivity (Wildman–Crippen MR) is 107 cm³/mol. The van der Waals surface area contributed by atoms with Crippen molar-refractivity contribution in [2.75, 3.05) is 6.54 Å². The van der Waals surface area contributed by atoms with E-state index in [1.807, 2.05) is 0 Å². The minimum Gasteiger partial charge on any atom is -0.387 e. The molecule has 1 saturated heterocycles. The number of rotatable bonds is 6. The lowest BCUT2D eigenvalue weighted by Crippen LogP contribution is -2.40. The molecule has 5 N–H and O–H groups in total. The van der Waals surface area contributed by atoms with Gasteiger partial charge in [0.2, 0.25) is 0 Å². The van der Waals surface area contributed by atoms with E-state index >= 15 is 0 Å². The number of carbonyl (C=O) groups is 3. The summed E-state index contributed by atoms with van der Waals surface area (Å²) in [6, 6.07) is 9.44. The SMILES string of the molecule is CC1(c2cccc(CNC(=O)NCC(O)c3cc(F)cc(Cl)c3)c2)NC(=O)NC1=O. The van der Waals surface area contributed by atoms with Crippen LogP contribution in [-0.2, 0) is 16.9 Å². The Balaban J connectivity index is 1.55. The average Bonchev–Trinajstić information content (AvgIpc) is 2.96. The Kier molecular flexibility index (Phi) is 6.23. The van der Waals surface area contributed by atoms with Gasteiger partial charge in [0.05, 0.1) is 6.10 Å². The molecule has 1 aliphatic rings. The minimum absolute atomic E-state index is 0.143. The lowest BCUT2D eigenvalue weighted by Gasteiger charge is -2.21. The number of imide groups is 1. The number of nitrogens with one attached hydrogen (secondary N) is 4. The Morgan fingerprint density at radius 1 is 1.23 bits per heavy atom. The zero-order valence-corrected chi connectivity index (χ0v) is 16.7. The molecule has 2 unspecified atom stereocenters. The second kappa shape index (κ2) is 8.68. The van der Waals surface area contributed by atoms with E-state index < -0.39 is 35.4 Å². The molecule has 3 rings (SSSR count). The third-order valence-electron chi connectivity index (χ3n) is 4.73. The molecule has 2 atom stereocenters. The molecule has 158 valence electrons. The Bertz CT molecular complexity index is 982.